The second kappa shape index (κ2) is 4.63. The van der Waals surface area contributed by atoms with E-state index in [1.807, 2.05) is 0 Å². The van der Waals surface area contributed by atoms with Crippen LogP contribution in [0, 0.1) is 0 Å². The smallest absolute Gasteiger partial charge is 0.303 e. The molecule has 10 heavy (non-hydrogen) atoms. The van der Waals surface area contributed by atoms with E-state index in [2.05, 4.69) is 5.43 Å². The van der Waals surface area contributed by atoms with Crippen molar-refractivity contribution in [2.75, 3.05) is 0 Å². The number of hydrazine groups is 1. The second-order valence-electron chi connectivity index (χ2n) is 1.73. The molecule has 0 aliphatic rings. The molecule has 0 aromatic rings. The van der Waals surface area contributed by atoms with Gasteiger partial charge in [0, 0.05) is 18.3 Å². The summed E-state index contributed by atoms with van der Waals surface area (Å²) in [7, 11) is 0. The molecule has 0 unspecified atom stereocenters. The first-order chi connectivity index (χ1) is 4.70. The van der Waals surface area contributed by atoms with Crippen LogP contribution in [0.25, 0.3) is 0 Å². The van der Waals surface area contributed by atoms with E-state index in [9.17, 15) is 4.79 Å². The van der Waals surface area contributed by atoms with E-state index in [1.165, 1.54) is 6.20 Å². The first kappa shape index (κ1) is 8.77. The minimum atomic E-state index is -0.866. The molecule has 0 spiro atoms. The van der Waals surface area contributed by atoms with Gasteiger partial charge in [-0.3, -0.25) is 10.6 Å². The zero-order valence-corrected chi connectivity index (χ0v) is 5.50. The van der Waals surface area contributed by atoms with Gasteiger partial charge < -0.3 is 16.3 Å². The van der Waals surface area contributed by atoms with Crippen molar-refractivity contribution >= 4 is 5.97 Å². The van der Waals surface area contributed by atoms with Crippen LogP contribution in [0.4, 0.5) is 0 Å². The highest BCUT2D eigenvalue weighted by atomic mass is 16.4. The lowest BCUT2D eigenvalue weighted by molar-refractivity contribution is -0.136. The van der Waals surface area contributed by atoms with Crippen molar-refractivity contribution < 1.29 is 9.90 Å². The Morgan fingerprint density at radius 1 is 1.60 bits per heavy atom. The lowest BCUT2D eigenvalue weighted by Gasteiger charge is -2.01. The molecule has 6 N–H and O–H groups in total. The van der Waals surface area contributed by atoms with Crippen LogP contribution in [0.5, 0.6) is 0 Å². The third-order valence-corrected chi connectivity index (χ3v) is 0.995. The Balaban J connectivity index is 3.56. The molecule has 0 saturated heterocycles. The number of aliphatic carboxylic acids is 1. The lowest BCUT2D eigenvalue weighted by atomic mass is 10.2. The van der Waals surface area contributed by atoms with Gasteiger partial charge in [-0.05, 0) is 0 Å². The van der Waals surface area contributed by atoms with Gasteiger partial charge in [0.1, 0.15) is 0 Å². The molecule has 0 rings (SSSR count). The zero-order valence-electron chi connectivity index (χ0n) is 5.50. The Morgan fingerprint density at radius 2 is 2.20 bits per heavy atom. The van der Waals surface area contributed by atoms with Crippen molar-refractivity contribution in [3.63, 3.8) is 0 Å². The molecule has 58 valence electrons. The van der Waals surface area contributed by atoms with Crippen LogP contribution in [-0.2, 0) is 4.79 Å². The number of carboxylic acid groups (broad SMARTS) is 1. The van der Waals surface area contributed by atoms with Crippen LogP contribution < -0.4 is 17.0 Å². The molecular weight excluding hydrogens is 134 g/mol. The van der Waals surface area contributed by atoms with Crippen molar-refractivity contribution in [3.8, 4) is 0 Å². The summed E-state index contributed by atoms with van der Waals surface area (Å²) in [5.74, 6) is 4.11. The van der Waals surface area contributed by atoms with Gasteiger partial charge in [-0.1, -0.05) is 0 Å². The Labute approximate surface area is 58.7 Å². The van der Waals surface area contributed by atoms with Crippen molar-refractivity contribution in [3.05, 3.63) is 11.9 Å². The number of allylic oxidation sites excluding steroid dienone is 1. The van der Waals surface area contributed by atoms with Gasteiger partial charge in [-0.25, -0.2) is 0 Å². The van der Waals surface area contributed by atoms with Crippen LogP contribution >= 0.6 is 0 Å². The van der Waals surface area contributed by atoms with Gasteiger partial charge in [0.05, 0.1) is 6.42 Å². The third kappa shape index (κ3) is 3.73. The van der Waals surface area contributed by atoms with Crippen molar-refractivity contribution in [2.45, 2.75) is 12.8 Å². The van der Waals surface area contributed by atoms with E-state index >= 15 is 0 Å². The van der Waals surface area contributed by atoms with Crippen molar-refractivity contribution in [1.82, 2.24) is 5.43 Å². The van der Waals surface area contributed by atoms with Crippen LogP contribution in [0.2, 0.25) is 0 Å². The molecule has 0 amide bonds. The van der Waals surface area contributed by atoms with E-state index in [4.69, 9.17) is 16.7 Å². The van der Waals surface area contributed by atoms with Gasteiger partial charge in [-0.15, -0.1) is 0 Å². The van der Waals surface area contributed by atoms with Crippen molar-refractivity contribution in [1.29, 1.82) is 0 Å². The fraction of sp³-hybridized carbons (Fsp3) is 0.400. The fourth-order valence-electron chi connectivity index (χ4n) is 0.445. The number of rotatable bonds is 4. The number of carboxylic acids is 1. The predicted molar refractivity (Wildman–Crippen MR) is 36.5 cm³/mol. The first-order valence-electron chi connectivity index (χ1n) is 2.80. The largest absolute Gasteiger partial charge is 0.481 e. The summed E-state index contributed by atoms with van der Waals surface area (Å²) in [5.41, 5.74) is 7.88. The number of hydrogen-bond acceptors (Lipinski definition) is 4. The molecule has 0 aliphatic carbocycles. The normalized spacial score (nSPS) is 11.1. The molecule has 0 aromatic carbocycles. The van der Waals surface area contributed by atoms with Crippen LogP contribution in [0.15, 0.2) is 11.9 Å². The summed E-state index contributed by atoms with van der Waals surface area (Å²) in [6, 6.07) is 0. The summed E-state index contributed by atoms with van der Waals surface area (Å²) in [5, 5.41) is 8.22. The standard InChI is InChI=1S/C5H11N3O2/c6-3-4(8-7)1-2-5(9)10/h3,8H,1-2,6-7H2,(H,9,10). The third-order valence-electron chi connectivity index (χ3n) is 0.995. The topological polar surface area (TPSA) is 101 Å². The molecule has 0 fully saturated rings. The molecule has 0 aromatic heterocycles. The number of nitrogens with one attached hydrogen (secondary N) is 1. The first-order valence-corrected chi connectivity index (χ1v) is 2.80. The molecule has 0 heterocycles. The Morgan fingerprint density at radius 3 is 2.50 bits per heavy atom. The SMILES string of the molecule is NC=C(CCC(=O)O)NN. The highest BCUT2D eigenvalue weighted by Crippen LogP contribution is 1.96. The molecule has 0 bridgehead atoms. The number of hydrogen-bond donors (Lipinski definition) is 4. The Hall–Kier alpha value is -1.23. The maximum Gasteiger partial charge on any atom is 0.303 e. The average molecular weight is 145 g/mol. The van der Waals surface area contributed by atoms with Crippen molar-refractivity contribution in [2.24, 2.45) is 11.6 Å². The highest BCUT2D eigenvalue weighted by Gasteiger charge is 1.98. The average Bonchev–Trinajstić information content (AvgIpc) is 1.90. The Bertz CT molecular complexity index is 144. The van der Waals surface area contributed by atoms with Gasteiger partial charge in [0.15, 0.2) is 0 Å². The summed E-state index contributed by atoms with van der Waals surface area (Å²) < 4.78 is 0. The second-order valence-corrected chi connectivity index (χ2v) is 1.73. The van der Waals surface area contributed by atoms with Gasteiger partial charge in [-0.2, -0.15) is 0 Å². The lowest BCUT2D eigenvalue weighted by Crippen LogP contribution is -2.22. The molecule has 0 atom stereocenters. The number of nitrogens with two attached hydrogens (primary N) is 2. The molecular formula is C5H11N3O2. The molecule has 0 aliphatic heterocycles. The minimum absolute atomic E-state index is 0.0350. The van der Waals surface area contributed by atoms with Crippen LogP contribution in [0.1, 0.15) is 12.8 Å². The maximum absolute atomic E-state index is 10.00. The molecule has 0 saturated carbocycles. The van der Waals surface area contributed by atoms with E-state index in [0.717, 1.165) is 0 Å². The molecule has 0 radical (unpaired) electrons. The predicted octanol–water partition coefficient (Wildman–Crippen LogP) is -0.885. The van der Waals surface area contributed by atoms with E-state index < -0.39 is 5.97 Å². The van der Waals surface area contributed by atoms with Crippen LogP contribution in [0.3, 0.4) is 0 Å². The maximum atomic E-state index is 10.00. The van der Waals surface area contributed by atoms with Gasteiger partial charge >= 0.3 is 5.97 Å². The summed E-state index contributed by atoms with van der Waals surface area (Å²) >= 11 is 0. The van der Waals surface area contributed by atoms with Crippen LogP contribution in [-0.4, -0.2) is 11.1 Å². The zero-order chi connectivity index (χ0) is 7.98. The fourth-order valence-corrected chi connectivity index (χ4v) is 0.445. The summed E-state index contributed by atoms with van der Waals surface area (Å²) in [6.07, 6.45) is 1.62. The quantitative estimate of drug-likeness (QED) is 0.304. The Kier molecular flexibility index (Phi) is 4.06. The minimum Gasteiger partial charge on any atom is -0.481 e. The summed E-state index contributed by atoms with van der Waals surface area (Å²) in [4.78, 5) is 10.00. The molecule has 5 nitrogen and oxygen atoms in total. The number of carbonyl (C=O) groups is 1. The summed E-state index contributed by atoms with van der Waals surface area (Å²) in [6.45, 7) is 0. The van der Waals surface area contributed by atoms with Gasteiger partial charge in [0.2, 0.25) is 0 Å². The molecule has 5 heteroatoms. The van der Waals surface area contributed by atoms with E-state index in [1.54, 1.807) is 0 Å². The highest BCUT2D eigenvalue weighted by molar-refractivity contribution is 5.66. The van der Waals surface area contributed by atoms with Gasteiger partial charge in [0.25, 0.3) is 0 Å². The van der Waals surface area contributed by atoms with E-state index in [-0.39, 0.29) is 6.42 Å². The monoisotopic (exact) mass is 145 g/mol. The van der Waals surface area contributed by atoms with E-state index in [0.29, 0.717) is 12.1 Å².